The second kappa shape index (κ2) is 11.9. The van der Waals surface area contributed by atoms with Gasteiger partial charge in [0.1, 0.15) is 0 Å². The lowest BCUT2D eigenvalue weighted by Gasteiger charge is -2.39. The van der Waals surface area contributed by atoms with Crippen LogP contribution in [0.25, 0.3) is 0 Å². The largest absolute Gasteiger partial charge is 0.504 e. The SMILES string of the molecule is CCOC(=O)N1c2ccc(OC)nc2[C@@H](Nc2ncc(O)c(Cc3cc(C(F)(F)F)cc(C(F)(F)F)c3)n2)C[C@H]1CC. The van der Waals surface area contributed by atoms with Gasteiger partial charge in [0.05, 0.1) is 54.2 Å². The van der Waals surface area contributed by atoms with Crippen LogP contribution in [-0.4, -0.2) is 45.9 Å². The Hall–Kier alpha value is -4.30. The summed E-state index contributed by atoms with van der Waals surface area (Å²) in [6, 6.07) is 3.51. The van der Waals surface area contributed by atoms with Gasteiger partial charge in [0.15, 0.2) is 5.75 Å². The van der Waals surface area contributed by atoms with Crippen LogP contribution in [0.2, 0.25) is 0 Å². The molecule has 226 valence electrons. The highest BCUT2D eigenvalue weighted by Gasteiger charge is 2.39. The van der Waals surface area contributed by atoms with Crippen LogP contribution in [0.4, 0.5) is 42.8 Å². The average Bonchev–Trinajstić information content (AvgIpc) is 2.93. The number of anilines is 2. The molecule has 0 fully saturated rings. The number of hydrogen-bond acceptors (Lipinski definition) is 8. The molecule has 1 aliphatic heterocycles. The lowest BCUT2D eigenvalue weighted by Crippen LogP contribution is -2.46. The third-order valence-corrected chi connectivity index (χ3v) is 6.65. The number of ether oxygens (including phenoxy) is 2. The molecule has 15 heteroatoms. The summed E-state index contributed by atoms with van der Waals surface area (Å²) in [6.07, 6.45) is -9.28. The van der Waals surface area contributed by atoms with E-state index in [2.05, 4.69) is 20.3 Å². The number of rotatable bonds is 7. The number of alkyl halides is 6. The van der Waals surface area contributed by atoms with Crippen LogP contribution < -0.4 is 15.0 Å². The highest BCUT2D eigenvalue weighted by Crippen LogP contribution is 2.41. The van der Waals surface area contributed by atoms with Crippen LogP contribution in [0.3, 0.4) is 0 Å². The van der Waals surface area contributed by atoms with E-state index in [1.807, 2.05) is 6.92 Å². The minimum absolute atomic E-state index is 0.0296. The van der Waals surface area contributed by atoms with Crippen LogP contribution in [0, 0.1) is 0 Å². The molecule has 0 spiro atoms. The summed E-state index contributed by atoms with van der Waals surface area (Å²) in [5.41, 5.74) is -2.66. The van der Waals surface area contributed by atoms with Crippen LogP contribution in [-0.2, 0) is 23.5 Å². The van der Waals surface area contributed by atoms with Crippen molar-refractivity contribution in [1.29, 1.82) is 0 Å². The Morgan fingerprint density at radius 3 is 2.31 bits per heavy atom. The van der Waals surface area contributed by atoms with Gasteiger partial charge in [0.25, 0.3) is 0 Å². The fourth-order valence-electron chi connectivity index (χ4n) is 4.71. The van der Waals surface area contributed by atoms with Gasteiger partial charge in [-0.1, -0.05) is 6.92 Å². The summed E-state index contributed by atoms with van der Waals surface area (Å²) in [7, 11) is 1.42. The first-order valence-corrected chi connectivity index (χ1v) is 12.9. The molecular formula is C27H27F6N5O4. The highest BCUT2D eigenvalue weighted by atomic mass is 19.4. The molecule has 0 saturated heterocycles. The summed E-state index contributed by atoms with van der Waals surface area (Å²) in [6.45, 7) is 3.73. The van der Waals surface area contributed by atoms with Crippen molar-refractivity contribution in [1.82, 2.24) is 15.0 Å². The molecule has 3 aromatic rings. The molecular weight excluding hydrogens is 572 g/mol. The first-order valence-electron chi connectivity index (χ1n) is 12.9. The second-order valence-electron chi connectivity index (χ2n) is 9.44. The molecule has 0 saturated carbocycles. The number of aromatic hydroxyl groups is 1. The van der Waals surface area contributed by atoms with E-state index in [0.717, 1.165) is 6.20 Å². The number of carbonyl (C=O) groups excluding carboxylic acids is 1. The molecule has 2 aromatic heterocycles. The van der Waals surface area contributed by atoms with Crippen molar-refractivity contribution in [3.8, 4) is 11.6 Å². The van der Waals surface area contributed by atoms with Gasteiger partial charge in [-0.05, 0) is 49.6 Å². The maximum atomic E-state index is 13.3. The van der Waals surface area contributed by atoms with Gasteiger partial charge in [-0.15, -0.1) is 0 Å². The predicted molar refractivity (Wildman–Crippen MR) is 138 cm³/mol. The summed E-state index contributed by atoms with van der Waals surface area (Å²) in [5.74, 6) is -0.322. The predicted octanol–water partition coefficient (Wildman–Crippen LogP) is 6.51. The van der Waals surface area contributed by atoms with E-state index in [-0.39, 0.29) is 41.8 Å². The van der Waals surface area contributed by atoms with E-state index < -0.39 is 47.8 Å². The van der Waals surface area contributed by atoms with Crippen molar-refractivity contribution in [2.24, 2.45) is 0 Å². The molecule has 0 unspecified atom stereocenters. The molecule has 4 rings (SSSR count). The lowest BCUT2D eigenvalue weighted by molar-refractivity contribution is -0.143. The monoisotopic (exact) mass is 599 g/mol. The molecule has 2 N–H and O–H groups in total. The zero-order valence-corrected chi connectivity index (χ0v) is 22.7. The zero-order chi connectivity index (χ0) is 30.8. The van der Waals surface area contributed by atoms with Crippen molar-refractivity contribution in [3.05, 3.63) is 64.6 Å². The number of benzene rings is 1. The second-order valence-corrected chi connectivity index (χ2v) is 9.44. The van der Waals surface area contributed by atoms with Gasteiger partial charge >= 0.3 is 18.4 Å². The maximum absolute atomic E-state index is 13.3. The van der Waals surface area contributed by atoms with E-state index in [0.29, 0.717) is 36.4 Å². The van der Waals surface area contributed by atoms with Crippen molar-refractivity contribution in [2.45, 2.75) is 57.5 Å². The van der Waals surface area contributed by atoms with Crippen molar-refractivity contribution in [3.63, 3.8) is 0 Å². The van der Waals surface area contributed by atoms with Crippen LogP contribution in [0.1, 0.15) is 60.8 Å². The number of halogens is 6. The highest BCUT2D eigenvalue weighted by molar-refractivity contribution is 5.90. The number of carbonyl (C=O) groups is 1. The van der Waals surface area contributed by atoms with Crippen molar-refractivity contribution in [2.75, 3.05) is 23.9 Å². The number of amides is 1. The Morgan fingerprint density at radius 2 is 1.74 bits per heavy atom. The summed E-state index contributed by atoms with van der Waals surface area (Å²) < 4.78 is 90.5. The number of pyridine rings is 1. The summed E-state index contributed by atoms with van der Waals surface area (Å²) >= 11 is 0. The van der Waals surface area contributed by atoms with E-state index in [1.54, 1.807) is 19.1 Å². The van der Waals surface area contributed by atoms with Crippen LogP contribution in [0.5, 0.6) is 11.6 Å². The van der Waals surface area contributed by atoms with E-state index >= 15 is 0 Å². The molecule has 3 heterocycles. The number of methoxy groups -OCH3 is 1. The molecule has 0 radical (unpaired) electrons. The van der Waals surface area contributed by atoms with Gasteiger partial charge in [0, 0.05) is 18.5 Å². The molecule has 0 aliphatic carbocycles. The Labute approximate surface area is 236 Å². The standard InChI is InChI=1S/C27H27F6N5O4/c1-4-17-12-19(23-20(6-7-22(37-23)41-3)38(17)25(40)42-5-2)36-24-34-13-21(39)18(35-24)10-14-8-15(26(28,29)30)11-16(9-14)27(31,32)33/h6-9,11,13,17,19,39H,4-5,10,12H2,1-3H3,(H,34,35,36)/t17-,19+/m1/s1. The number of aromatic nitrogens is 3. The molecule has 9 nitrogen and oxygen atoms in total. The minimum Gasteiger partial charge on any atom is -0.504 e. The third-order valence-electron chi connectivity index (χ3n) is 6.65. The quantitative estimate of drug-likeness (QED) is 0.296. The number of fused-ring (bicyclic) bond motifs is 1. The van der Waals surface area contributed by atoms with Gasteiger partial charge < -0.3 is 19.9 Å². The van der Waals surface area contributed by atoms with E-state index in [4.69, 9.17) is 9.47 Å². The third kappa shape index (κ3) is 6.60. The van der Waals surface area contributed by atoms with E-state index in [1.165, 1.54) is 12.0 Å². The molecule has 0 bridgehead atoms. The molecule has 1 aliphatic rings. The molecule has 2 atom stereocenters. The Bertz CT molecular complexity index is 1420. The fraction of sp³-hybridized carbons (Fsp3) is 0.407. The number of hydrogen-bond donors (Lipinski definition) is 2. The van der Waals surface area contributed by atoms with Gasteiger partial charge in [-0.2, -0.15) is 26.3 Å². The summed E-state index contributed by atoms with van der Waals surface area (Å²) in [4.78, 5) is 27.0. The van der Waals surface area contributed by atoms with Crippen molar-refractivity contribution < 1.29 is 45.7 Å². The van der Waals surface area contributed by atoms with Crippen LogP contribution in [0.15, 0.2) is 36.5 Å². The normalized spacial score (nSPS) is 17.0. The topological polar surface area (TPSA) is 110 Å². The average molecular weight is 600 g/mol. The van der Waals surface area contributed by atoms with Gasteiger partial charge in [-0.25, -0.2) is 19.7 Å². The Balaban J connectivity index is 1.69. The molecule has 1 amide bonds. The first-order chi connectivity index (χ1) is 19.7. The van der Waals surface area contributed by atoms with Crippen LogP contribution >= 0.6 is 0 Å². The lowest BCUT2D eigenvalue weighted by atomic mass is 9.93. The Kier molecular flexibility index (Phi) is 8.68. The maximum Gasteiger partial charge on any atom is 0.416 e. The summed E-state index contributed by atoms with van der Waals surface area (Å²) in [5, 5.41) is 13.4. The van der Waals surface area contributed by atoms with Gasteiger partial charge in [0.2, 0.25) is 11.8 Å². The smallest absolute Gasteiger partial charge is 0.416 e. The van der Waals surface area contributed by atoms with Gasteiger partial charge in [-0.3, -0.25) is 4.90 Å². The molecule has 42 heavy (non-hydrogen) atoms. The minimum atomic E-state index is -5.02. The first kappa shape index (κ1) is 30.7. The number of nitrogens with zero attached hydrogens (tertiary/aromatic N) is 4. The fourth-order valence-corrected chi connectivity index (χ4v) is 4.71. The van der Waals surface area contributed by atoms with Crippen molar-refractivity contribution >= 4 is 17.7 Å². The Morgan fingerprint density at radius 1 is 1.07 bits per heavy atom. The molecule has 1 aromatic carbocycles. The zero-order valence-electron chi connectivity index (χ0n) is 22.7. The van der Waals surface area contributed by atoms with E-state index in [9.17, 15) is 36.2 Å². The number of nitrogens with one attached hydrogen (secondary N) is 1.